The van der Waals surface area contributed by atoms with E-state index in [1.54, 1.807) is 24.3 Å². The van der Waals surface area contributed by atoms with Crippen molar-refractivity contribution in [1.82, 2.24) is 15.5 Å². The Morgan fingerprint density at radius 2 is 1.86 bits per heavy atom. The number of sulfone groups is 1. The van der Waals surface area contributed by atoms with Gasteiger partial charge >= 0.3 is 0 Å². The maximum atomic E-state index is 12.7. The van der Waals surface area contributed by atoms with Crippen molar-refractivity contribution in [1.29, 1.82) is 0 Å². The summed E-state index contributed by atoms with van der Waals surface area (Å²) in [7, 11) is -3.34. The van der Waals surface area contributed by atoms with Gasteiger partial charge in [0.05, 0.1) is 10.6 Å². The molecule has 1 aliphatic heterocycles. The molecule has 1 aromatic carbocycles. The van der Waals surface area contributed by atoms with E-state index < -0.39 is 9.84 Å². The molecule has 29 heavy (non-hydrogen) atoms. The summed E-state index contributed by atoms with van der Waals surface area (Å²) >= 11 is 0. The zero-order chi connectivity index (χ0) is 20.7. The van der Waals surface area contributed by atoms with Crippen LogP contribution in [-0.4, -0.2) is 62.8 Å². The fourth-order valence-corrected chi connectivity index (χ4v) is 5.14. The van der Waals surface area contributed by atoms with Crippen molar-refractivity contribution in [2.75, 3.05) is 25.4 Å². The smallest absolute Gasteiger partial charge is 0.191 e. The van der Waals surface area contributed by atoms with Gasteiger partial charge in [-0.3, -0.25) is 9.89 Å². The molecule has 8 heteroatoms. The highest BCUT2D eigenvalue weighted by molar-refractivity contribution is 14.0. The van der Waals surface area contributed by atoms with Crippen molar-refractivity contribution in [3.63, 3.8) is 0 Å². The lowest BCUT2D eigenvalue weighted by molar-refractivity contribution is 0.265. The molecule has 3 atom stereocenters. The van der Waals surface area contributed by atoms with E-state index in [1.807, 2.05) is 19.9 Å². The van der Waals surface area contributed by atoms with Crippen molar-refractivity contribution < 1.29 is 8.42 Å². The second-order valence-corrected chi connectivity index (χ2v) is 9.98. The fraction of sp³-hybridized carbons (Fsp3) is 0.667. The van der Waals surface area contributed by atoms with Crippen molar-refractivity contribution in [2.45, 2.75) is 64.1 Å². The highest BCUT2D eigenvalue weighted by Gasteiger charge is 2.32. The number of hydrogen-bond donors (Lipinski definition) is 2. The Kier molecular flexibility index (Phi) is 10.9. The summed E-state index contributed by atoms with van der Waals surface area (Å²) in [5.74, 6) is 1.27. The predicted molar refractivity (Wildman–Crippen MR) is 132 cm³/mol. The van der Waals surface area contributed by atoms with Crippen LogP contribution < -0.4 is 10.6 Å². The lowest BCUT2D eigenvalue weighted by Crippen LogP contribution is -2.51. The third-order valence-electron chi connectivity index (χ3n) is 5.37. The van der Waals surface area contributed by atoms with Crippen LogP contribution >= 0.6 is 24.0 Å². The summed E-state index contributed by atoms with van der Waals surface area (Å²) in [4.78, 5) is 7.39. The average Bonchev–Trinajstić information content (AvgIpc) is 3.02. The first-order chi connectivity index (χ1) is 13.3. The number of benzene rings is 1. The number of guanidine groups is 1. The van der Waals surface area contributed by atoms with Crippen molar-refractivity contribution in [2.24, 2.45) is 10.9 Å². The molecule has 1 aromatic rings. The van der Waals surface area contributed by atoms with E-state index in [1.165, 1.54) is 0 Å². The Bertz CT molecular complexity index is 740. The Labute approximate surface area is 193 Å². The van der Waals surface area contributed by atoms with E-state index in [-0.39, 0.29) is 35.8 Å². The third kappa shape index (κ3) is 7.71. The molecule has 0 aliphatic carbocycles. The fourth-order valence-electron chi connectivity index (χ4n) is 3.52. The maximum Gasteiger partial charge on any atom is 0.191 e. The van der Waals surface area contributed by atoms with Crippen molar-refractivity contribution in [3.8, 4) is 0 Å². The van der Waals surface area contributed by atoms with Gasteiger partial charge in [-0.15, -0.1) is 24.0 Å². The molecule has 1 fully saturated rings. The number of hydrogen-bond acceptors (Lipinski definition) is 4. The van der Waals surface area contributed by atoms with Gasteiger partial charge in [-0.2, -0.15) is 0 Å². The number of rotatable bonds is 8. The molecule has 0 radical (unpaired) electrons. The van der Waals surface area contributed by atoms with Gasteiger partial charge in [-0.05, 0) is 45.2 Å². The van der Waals surface area contributed by atoms with Gasteiger partial charge in [0.25, 0.3) is 0 Å². The molecule has 166 valence electrons. The molecule has 0 spiro atoms. The summed E-state index contributed by atoms with van der Waals surface area (Å²) in [5.41, 5.74) is 0. The number of aliphatic imine (C=N–C) groups is 1. The summed E-state index contributed by atoms with van der Waals surface area (Å²) in [6.45, 7) is 13.4. The molecule has 0 amide bonds. The van der Waals surface area contributed by atoms with E-state index in [9.17, 15) is 8.42 Å². The van der Waals surface area contributed by atoms with Gasteiger partial charge in [0, 0.05) is 37.8 Å². The first-order valence-corrected chi connectivity index (χ1v) is 12.0. The monoisotopic (exact) mass is 536 g/mol. The Morgan fingerprint density at radius 1 is 1.21 bits per heavy atom. The normalized spacial score (nSPS) is 21.7. The molecule has 2 N–H and O–H groups in total. The average molecular weight is 537 g/mol. The van der Waals surface area contributed by atoms with Crippen LogP contribution in [0.2, 0.25) is 0 Å². The minimum absolute atomic E-state index is 0. The molecule has 0 bridgehead atoms. The minimum Gasteiger partial charge on any atom is -0.353 e. The molecular weight excluding hydrogens is 499 g/mol. The first-order valence-electron chi connectivity index (χ1n) is 10.4. The highest BCUT2D eigenvalue weighted by atomic mass is 127. The number of nitrogens with one attached hydrogen (secondary N) is 2. The van der Waals surface area contributed by atoms with Gasteiger partial charge in [0.15, 0.2) is 15.8 Å². The molecule has 1 aliphatic rings. The molecule has 0 saturated carbocycles. The molecule has 2 rings (SSSR count). The molecule has 6 nitrogen and oxygen atoms in total. The highest BCUT2D eigenvalue weighted by Crippen LogP contribution is 2.19. The first kappa shape index (κ1) is 26.2. The van der Waals surface area contributed by atoms with Gasteiger partial charge in [-0.1, -0.05) is 32.0 Å². The number of likely N-dealkylation sites (tertiary alicyclic amines) is 1. The molecule has 1 saturated heterocycles. The topological polar surface area (TPSA) is 73.8 Å². The van der Waals surface area contributed by atoms with E-state index in [4.69, 9.17) is 0 Å². The second-order valence-electron chi connectivity index (χ2n) is 7.94. The van der Waals surface area contributed by atoms with Crippen LogP contribution in [-0.2, 0) is 9.84 Å². The standard InChI is InChI=1S/C21H36N4O2S.HI/c1-6-18(15-28(26,27)19-11-9-8-10-12-19)23-21(22-7-2)24-20-14-25(16(3)4)13-17(20)5;/h8-12,16-18,20H,6-7,13-15H2,1-5H3,(H2,22,23,24);1H. The Morgan fingerprint density at radius 3 is 2.38 bits per heavy atom. The van der Waals surface area contributed by atoms with Crippen LogP contribution in [0.25, 0.3) is 0 Å². The SMILES string of the molecule is CCN=C(NC(CC)CS(=O)(=O)c1ccccc1)NC1CN(C(C)C)CC1C.I. The zero-order valence-corrected chi connectivity index (χ0v) is 21.4. The van der Waals surface area contributed by atoms with Gasteiger partial charge < -0.3 is 10.6 Å². The van der Waals surface area contributed by atoms with Crippen LogP contribution in [0.1, 0.15) is 41.0 Å². The number of nitrogens with zero attached hydrogens (tertiary/aromatic N) is 2. The number of halogens is 1. The summed E-state index contributed by atoms with van der Waals surface area (Å²) in [6, 6.07) is 9.29. The van der Waals surface area contributed by atoms with Gasteiger partial charge in [0.1, 0.15) is 0 Å². The summed E-state index contributed by atoms with van der Waals surface area (Å²) in [5, 5.41) is 6.91. The Hall–Kier alpha value is -0.870. The van der Waals surface area contributed by atoms with Crippen LogP contribution in [0.5, 0.6) is 0 Å². The third-order valence-corrected chi connectivity index (χ3v) is 7.20. The maximum absolute atomic E-state index is 12.7. The van der Waals surface area contributed by atoms with Crippen LogP contribution in [0, 0.1) is 5.92 Å². The lowest BCUT2D eigenvalue weighted by Gasteiger charge is -2.25. The van der Waals surface area contributed by atoms with E-state index in [2.05, 4.69) is 41.3 Å². The predicted octanol–water partition coefficient (Wildman–Crippen LogP) is 3.14. The minimum atomic E-state index is -3.34. The molecule has 1 heterocycles. The van der Waals surface area contributed by atoms with Gasteiger partial charge in [-0.25, -0.2) is 8.42 Å². The Balaban J connectivity index is 0.00000420. The van der Waals surface area contributed by atoms with Crippen molar-refractivity contribution >= 4 is 39.8 Å². The van der Waals surface area contributed by atoms with E-state index in [0.29, 0.717) is 41.8 Å². The second kappa shape index (κ2) is 12.1. The largest absolute Gasteiger partial charge is 0.353 e. The van der Waals surface area contributed by atoms with Crippen molar-refractivity contribution in [3.05, 3.63) is 30.3 Å². The molecule has 0 aromatic heterocycles. The van der Waals surface area contributed by atoms with Gasteiger partial charge in [0.2, 0.25) is 0 Å². The van der Waals surface area contributed by atoms with Crippen LogP contribution in [0.15, 0.2) is 40.2 Å². The quantitative estimate of drug-likeness (QED) is 0.304. The van der Waals surface area contributed by atoms with E-state index in [0.717, 1.165) is 13.1 Å². The summed E-state index contributed by atoms with van der Waals surface area (Å²) in [6.07, 6.45) is 0.703. The zero-order valence-electron chi connectivity index (χ0n) is 18.3. The molecular formula is C21H37IN4O2S. The van der Waals surface area contributed by atoms with Crippen LogP contribution in [0.4, 0.5) is 0 Å². The molecule has 3 unspecified atom stereocenters. The van der Waals surface area contributed by atoms with E-state index >= 15 is 0 Å². The van der Waals surface area contributed by atoms with Crippen LogP contribution in [0.3, 0.4) is 0 Å². The lowest BCUT2D eigenvalue weighted by atomic mass is 10.1. The summed E-state index contributed by atoms with van der Waals surface area (Å²) < 4.78 is 25.5.